The van der Waals surface area contributed by atoms with Crippen molar-refractivity contribution in [2.24, 2.45) is 10.2 Å². The molecule has 17 heavy (non-hydrogen) atoms. The first-order valence-corrected chi connectivity index (χ1v) is 6.04. The van der Waals surface area contributed by atoms with Crippen LogP contribution in [0.15, 0.2) is 28.4 Å². The maximum absolute atomic E-state index is 10.9. The lowest BCUT2D eigenvalue weighted by atomic mass is 10.2. The Balaban J connectivity index is 2.05. The molecule has 0 unspecified atom stereocenters. The molecular formula is C10H8ClN3O2S. The van der Waals surface area contributed by atoms with Gasteiger partial charge in [0.05, 0.1) is 17.0 Å². The van der Waals surface area contributed by atoms with Crippen molar-refractivity contribution < 1.29 is 9.90 Å². The Labute approximate surface area is 107 Å². The summed E-state index contributed by atoms with van der Waals surface area (Å²) in [6.07, 6.45) is 1.49. The van der Waals surface area contributed by atoms with Gasteiger partial charge < -0.3 is 10.4 Å². The van der Waals surface area contributed by atoms with Crippen molar-refractivity contribution in [2.75, 3.05) is 5.75 Å². The Morgan fingerprint density at radius 1 is 1.53 bits per heavy atom. The summed E-state index contributed by atoms with van der Waals surface area (Å²) in [5, 5.41) is 20.2. The highest BCUT2D eigenvalue weighted by Crippen LogP contribution is 2.22. The molecule has 1 aromatic rings. The number of nitrogens with one attached hydrogen (secondary N) is 1. The average Bonchev–Trinajstić information content (AvgIpc) is 2.70. The molecule has 0 spiro atoms. The molecule has 88 valence electrons. The van der Waals surface area contributed by atoms with E-state index in [2.05, 4.69) is 15.5 Å². The summed E-state index contributed by atoms with van der Waals surface area (Å²) in [6, 6.07) is 4.70. The van der Waals surface area contributed by atoms with Crippen molar-refractivity contribution >= 4 is 40.7 Å². The van der Waals surface area contributed by atoms with Crippen LogP contribution in [0.3, 0.4) is 0 Å². The largest absolute Gasteiger partial charge is 0.506 e. The quantitative estimate of drug-likeness (QED) is 0.633. The molecule has 0 aliphatic carbocycles. The smallest absolute Gasteiger partial charge is 0.236 e. The number of carbonyl (C=O) groups is 1. The molecular weight excluding hydrogens is 262 g/mol. The van der Waals surface area contributed by atoms with Crippen molar-refractivity contribution in [3.63, 3.8) is 0 Å². The Bertz CT molecular complexity index is 516. The van der Waals surface area contributed by atoms with Crippen molar-refractivity contribution in [3.05, 3.63) is 28.8 Å². The van der Waals surface area contributed by atoms with E-state index in [9.17, 15) is 9.90 Å². The molecule has 1 aromatic carbocycles. The fraction of sp³-hybridized carbons (Fsp3) is 0.100. The Morgan fingerprint density at radius 2 is 2.35 bits per heavy atom. The minimum atomic E-state index is -0.0726. The second kappa shape index (κ2) is 5.20. The van der Waals surface area contributed by atoms with Crippen LogP contribution in [0.25, 0.3) is 0 Å². The summed E-state index contributed by atoms with van der Waals surface area (Å²) >= 11 is 7.03. The number of amides is 1. The molecule has 0 bridgehead atoms. The summed E-state index contributed by atoms with van der Waals surface area (Å²) in [6.45, 7) is 0. The standard InChI is InChI=1S/C10H8ClN3O2S/c11-7-3-6(1-2-8(7)15)4-12-14-10-13-9(16)5-17-10/h1-4,15H,5H2,(H,13,14,16). The first-order valence-electron chi connectivity index (χ1n) is 4.67. The van der Waals surface area contributed by atoms with E-state index >= 15 is 0 Å². The predicted octanol–water partition coefficient (Wildman–Crippen LogP) is 1.60. The molecule has 1 fully saturated rings. The van der Waals surface area contributed by atoms with Gasteiger partial charge in [-0.1, -0.05) is 23.4 Å². The van der Waals surface area contributed by atoms with E-state index in [0.717, 1.165) is 0 Å². The van der Waals surface area contributed by atoms with E-state index in [4.69, 9.17) is 11.6 Å². The van der Waals surface area contributed by atoms with Gasteiger partial charge >= 0.3 is 0 Å². The first kappa shape index (κ1) is 11.9. The third-order valence-corrected chi connectivity index (χ3v) is 3.08. The van der Waals surface area contributed by atoms with E-state index in [0.29, 0.717) is 16.5 Å². The van der Waals surface area contributed by atoms with Crippen LogP contribution in [0, 0.1) is 0 Å². The van der Waals surface area contributed by atoms with Gasteiger partial charge in [-0.25, -0.2) is 0 Å². The van der Waals surface area contributed by atoms with Gasteiger partial charge in [-0.15, -0.1) is 5.10 Å². The lowest BCUT2D eigenvalue weighted by Gasteiger charge is -1.96. The Kier molecular flexibility index (Phi) is 3.65. The van der Waals surface area contributed by atoms with E-state index < -0.39 is 0 Å². The van der Waals surface area contributed by atoms with Crippen LogP contribution in [0.1, 0.15) is 5.56 Å². The normalized spacial score (nSPS) is 17.9. The van der Waals surface area contributed by atoms with Gasteiger partial charge in [-0.05, 0) is 23.8 Å². The van der Waals surface area contributed by atoms with Gasteiger partial charge in [0.1, 0.15) is 5.75 Å². The molecule has 0 saturated carbocycles. The van der Waals surface area contributed by atoms with Crippen molar-refractivity contribution in [2.45, 2.75) is 0 Å². The molecule has 1 heterocycles. The van der Waals surface area contributed by atoms with Gasteiger partial charge in [0.2, 0.25) is 5.91 Å². The van der Waals surface area contributed by atoms with Crippen LogP contribution in [0.5, 0.6) is 5.75 Å². The number of hydrogen-bond donors (Lipinski definition) is 2. The third kappa shape index (κ3) is 3.21. The fourth-order valence-electron chi connectivity index (χ4n) is 1.13. The number of thioether (sulfide) groups is 1. The number of halogens is 1. The number of rotatable bonds is 2. The number of phenolic OH excluding ortho intramolecular Hbond substituents is 1. The van der Waals surface area contributed by atoms with Gasteiger partial charge in [0, 0.05) is 0 Å². The van der Waals surface area contributed by atoms with E-state index in [1.165, 1.54) is 24.0 Å². The third-order valence-electron chi connectivity index (χ3n) is 1.91. The number of phenols is 1. The Morgan fingerprint density at radius 3 is 3.00 bits per heavy atom. The number of carbonyl (C=O) groups excluding carboxylic acids is 1. The maximum Gasteiger partial charge on any atom is 0.236 e. The highest BCUT2D eigenvalue weighted by Gasteiger charge is 2.15. The van der Waals surface area contributed by atoms with Gasteiger partial charge in [-0.2, -0.15) is 5.10 Å². The van der Waals surface area contributed by atoms with Crippen molar-refractivity contribution in [3.8, 4) is 5.75 Å². The zero-order chi connectivity index (χ0) is 12.3. The first-order chi connectivity index (χ1) is 8.15. The Hall–Kier alpha value is -1.53. The molecule has 7 heteroatoms. The molecule has 1 saturated heterocycles. The molecule has 0 radical (unpaired) electrons. The average molecular weight is 270 g/mol. The van der Waals surface area contributed by atoms with E-state index in [1.54, 1.807) is 12.1 Å². The zero-order valence-electron chi connectivity index (χ0n) is 8.55. The van der Waals surface area contributed by atoms with Crippen LogP contribution in [-0.2, 0) is 4.79 Å². The maximum atomic E-state index is 10.9. The monoisotopic (exact) mass is 269 g/mol. The predicted molar refractivity (Wildman–Crippen MR) is 68.7 cm³/mol. The fourth-order valence-corrected chi connectivity index (χ4v) is 1.95. The lowest BCUT2D eigenvalue weighted by molar-refractivity contribution is -0.116. The zero-order valence-corrected chi connectivity index (χ0v) is 10.1. The minimum absolute atomic E-state index is 0.0220. The van der Waals surface area contributed by atoms with Crippen molar-refractivity contribution in [1.29, 1.82) is 0 Å². The lowest BCUT2D eigenvalue weighted by Crippen LogP contribution is -2.19. The second-order valence-corrected chi connectivity index (χ2v) is 4.57. The number of aromatic hydroxyl groups is 1. The molecule has 2 N–H and O–H groups in total. The van der Waals surface area contributed by atoms with Crippen LogP contribution in [0.4, 0.5) is 0 Å². The van der Waals surface area contributed by atoms with Gasteiger partial charge in [0.25, 0.3) is 0 Å². The van der Waals surface area contributed by atoms with Crippen LogP contribution >= 0.6 is 23.4 Å². The van der Waals surface area contributed by atoms with E-state index in [1.807, 2.05) is 0 Å². The highest BCUT2D eigenvalue weighted by molar-refractivity contribution is 8.15. The number of nitrogens with zero attached hydrogens (tertiary/aromatic N) is 2. The van der Waals surface area contributed by atoms with Crippen LogP contribution < -0.4 is 5.32 Å². The van der Waals surface area contributed by atoms with Crippen LogP contribution in [0.2, 0.25) is 5.02 Å². The number of amidine groups is 1. The summed E-state index contributed by atoms with van der Waals surface area (Å²) in [5.41, 5.74) is 0.714. The van der Waals surface area contributed by atoms with E-state index in [-0.39, 0.29) is 16.7 Å². The summed E-state index contributed by atoms with van der Waals surface area (Å²) in [4.78, 5) is 10.9. The number of hydrogen-bond acceptors (Lipinski definition) is 5. The van der Waals surface area contributed by atoms with Crippen LogP contribution in [-0.4, -0.2) is 28.1 Å². The minimum Gasteiger partial charge on any atom is -0.506 e. The van der Waals surface area contributed by atoms with Gasteiger partial charge in [-0.3, -0.25) is 4.79 Å². The molecule has 1 amide bonds. The molecule has 0 atom stereocenters. The summed E-state index contributed by atoms with van der Waals surface area (Å²) in [5.74, 6) is 0.324. The molecule has 2 rings (SSSR count). The second-order valence-electron chi connectivity index (χ2n) is 3.20. The molecule has 1 aliphatic heterocycles. The molecule has 5 nitrogen and oxygen atoms in total. The summed E-state index contributed by atoms with van der Waals surface area (Å²) in [7, 11) is 0. The number of benzene rings is 1. The molecule has 0 aromatic heterocycles. The molecule has 1 aliphatic rings. The van der Waals surface area contributed by atoms with Crippen molar-refractivity contribution in [1.82, 2.24) is 5.32 Å². The van der Waals surface area contributed by atoms with Gasteiger partial charge in [0.15, 0.2) is 5.17 Å². The highest BCUT2D eigenvalue weighted by atomic mass is 35.5. The summed E-state index contributed by atoms with van der Waals surface area (Å²) < 4.78 is 0. The topological polar surface area (TPSA) is 74.0 Å². The SMILES string of the molecule is O=C1CSC(=NN=Cc2ccc(O)c(Cl)c2)N1.